The summed E-state index contributed by atoms with van der Waals surface area (Å²) < 4.78 is 43.8. The molecule has 0 saturated carbocycles. The molecule has 10 heteroatoms. The summed E-state index contributed by atoms with van der Waals surface area (Å²) in [7, 11) is -4.14. The quantitative estimate of drug-likeness (QED) is 0.681. The molecule has 1 aliphatic heterocycles. The van der Waals surface area contributed by atoms with Crippen molar-refractivity contribution in [2.24, 2.45) is 0 Å². The summed E-state index contributed by atoms with van der Waals surface area (Å²) >= 11 is 1.53. The molecule has 1 aliphatic rings. The highest BCUT2D eigenvalue weighted by molar-refractivity contribution is 7.98. The highest BCUT2D eigenvalue weighted by Gasteiger charge is 2.32. The van der Waals surface area contributed by atoms with Crippen LogP contribution in [0.4, 0.5) is 4.39 Å². The van der Waals surface area contributed by atoms with Crippen LogP contribution in [0.3, 0.4) is 0 Å². The summed E-state index contributed by atoms with van der Waals surface area (Å²) in [6.07, 6.45) is 9.19. The van der Waals surface area contributed by atoms with Crippen LogP contribution < -0.4 is 4.72 Å². The maximum Gasteiger partial charge on any atom is 0.244 e. The zero-order valence-electron chi connectivity index (χ0n) is 16.2. The van der Waals surface area contributed by atoms with Gasteiger partial charge in [-0.3, -0.25) is 4.79 Å². The average Bonchev–Trinajstić information content (AvgIpc) is 3.26. The fraction of sp³-hybridized carbons (Fsp3) is 0.474. The van der Waals surface area contributed by atoms with Crippen molar-refractivity contribution in [1.29, 1.82) is 0 Å². The van der Waals surface area contributed by atoms with Crippen molar-refractivity contribution in [3.63, 3.8) is 0 Å². The number of carbonyl (C=O) groups is 1. The second-order valence-electron chi connectivity index (χ2n) is 6.95. The molecule has 2 heterocycles. The summed E-state index contributed by atoms with van der Waals surface area (Å²) in [5.41, 5.74) is 0. The van der Waals surface area contributed by atoms with Gasteiger partial charge in [0.15, 0.2) is 0 Å². The molecule has 1 fully saturated rings. The predicted molar refractivity (Wildman–Crippen MR) is 111 cm³/mol. The molecule has 0 spiro atoms. The van der Waals surface area contributed by atoms with E-state index in [4.69, 9.17) is 0 Å². The van der Waals surface area contributed by atoms with Crippen LogP contribution >= 0.6 is 11.8 Å². The Balaban J connectivity index is 1.70. The molecule has 7 nitrogen and oxygen atoms in total. The lowest BCUT2D eigenvalue weighted by atomic mass is 10.0. The molecule has 1 amide bonds. The van der Waals surface area contributed by atoms with Gasteiger partial charge in [-0.25, -0.2) is 17.8 Å². The van der Waals surface area contributed by atoms with Gasteiger partial charge >= 0.3 is 0 Å². The minimum atomic E-state index is -4.14. The second kappa shape index (κ2) is 9.73. The zero-order chi connectivity index (χ0) is 20.9. The van der Waals surface area contributed by atoms with Gasteiger partial charge in [0.2, 0.25) is 15.9 Å². The number of benzene rings is 1. The van der Waals surface area contributed by atoms with Crippen molar-refractivity contribution in [3.8, 4) is 0 Å². The molecular weight excluding hydrogens is 415 g/mol. The number of halogens is 1. The Morgan fingerprint density at radius 3 is 2.69 bits per heavy atom. The molecule has 2 aromatic rings. The molecule has 158 valence electrons. The Morgan fingerprint density at radius 2 is 2.07 bits per heavy atom. The minimum Gasteiger partial charge on any atom is -0.341 e. The monoisotopic (exact) mass is 440 g/mol. The number of amides is 1. The Kier molecular flexibility index (Phi) is 7.31. The second-order valence-corrected chi connectivity index (χ2v) is 9.62. The lowest BCUT2D eigenvalue weighted by molar-refractivity contribution is -0.134. The molecule has 1 aromatic heterocycles. The average molecular weight is 441 g/mol. The molecule has 1 saturated heterocycles. The lowest BCUT2D eigenvalue weighted by Gasteiger charge is -2.34. The molecule has 29 heavy (non-hydrogen) atoms. The highest BCUT2D eigenvalue weighted by atomic mass is 32.2. The number of hydrogen-bond donors (Lipinski definition) is 1. The number of sulfonamides is 1. The molecule has 0 aliphatic carbocycles. The van der Waals surface area contributed by atoms with E-state index in [1.165, 1.54) is 30.0 Å². The summed E-state index contributed by atoms with van der Waals surface area (Å²) in [5.74, 6) is -0.484. The first kappa shape index (κ1) is 21.8. The van der Waals surface area contributed by atoms with Gasteiger partial charge in [0, 0.05) is 31.5 Å². The number of nitrogens with one attached hydrogen (secondary N) is 1. The van der Waals surface area contributed by atoms with Gasteiger partial charge in [0.05, 0.1) is 6.33 Å². The molecule has 0 radical (unpaired) electrons. The number of aromatic nitrogens is 2. The first-order chi connectivity index (χ1) is 13.9. The number of piperidine rings is 1. The minimum absolute atomic E-state index is 0.261. The van der Waals surface area contributed by atoms with Crippen molar-refractivity contribution in [3.05, 3.63) is 48.8 Å². The summed E-state index contributed by atoms with van der Waals surface area (Å²) in [4.78, 5) is 18.4. The highest BCUT2D eigenvalue weighted by Crippen LogP contribution is 2.23. The molecule has 0 bridgehead atoms. The first-order valence-corrected chi connectivity index (χ1v) is 12.3. The third-order valence-electron chi connectivity index (χ3n) is 5.05. The van der Waals surface area contributed by atoms with Crippen molar-refractivity contribution >= 4 is 27.7 Å². The van der Waals surface area contributed by atoms with Crippen molar-refractivity contribution in [2.75, 3.05) is 25.1 Å². The lowest BCUT2D eigenvalue weighted by Crippen LogP contribution is -2.51. The van der Waals surface area contributed by atoms with E-state index in [2.05, 4.69) is 9.71 Å². The van der Waals surface area contributed by atoms with E-state index in [0.29, 0.717) is 25.3 Å². The number of imidazole rings is 1. The van der Waals surface area contributed by atoms with Crippen LogP contribution in [0, 0.1) is 5.82 Å². The van der Waals surface area contributed by atoms with Crippen LogP contribution in [0.15, 0.2) is 47.9 Å². The van der Waals surface area contributed by atoms with E-state index < -0.39 is 26.8 Å². The van der Waals surface area contributed by atoms with E-state index in [0.717, 1.165) is 18.9 Å². The number of nitrogens with zero attached hydrogens (tertiary/aromatic N) is 3. The van der Waals surface area contributed by atoms with E-state index in [1.807, 2.05) is 17.0 Å². The zero-order valence-corrected chi connectivity index (χ0v) is 17.8. The maximum absolute atomic E-state index is 14.0. The number of rotatable bonds is 8. The maximum atomic E-state index is 14.0. The molecule has 1 N–H and O–H groups in total. The third-order valence-corrected chi connectivity index (χ3v) is 7.20. The Bertz CT molecular complexity index is 913. The Hall–Kier alpha value is -1.91. The topological polar surface area (TPSA) is 84.3 Å². The fourth-order valence-electron chi connectivity index (χ4n) is 3.47. The normalized spacial score (nSPS) is 16.7. The molecule has 1 atom stereocenters. The molecule has 1 aromatic carbocycles. The van der Waals surface area contributed by atoms with Crippen LogP contribution in [0.1, 0.15) is 25.3 Å². The van der Waals surface area contributed by atoms with Gasteiger partial charge in [-0.15, -0.1) is 0 Å². The van der Waals surface area contributed by atoms with Gasteiger partial charge in [0.25, 0.3) is 0 Å². The number of thioether (sulfide) groups is 1. The van der Waals surface area contributed by atoms with Gasteiger partial charge < -0.3 is 9.47 Å². The van der Waals surface area contributed by atoms with E-state index in [-0.39, 0.29) is 11.9 Å². The van der Waals surface area contributed by atoms with Crippen LogP contribution in [-0.2, 0) is 14.8 Å². The van der Waals surface area contributed by atoms with Gasteiger partial charge in [-0.1, -0.05) is 12.1 Å². The molecule has 1 unspecified atom stereocenters. The summed E-state index contributed by atoms with van der Waals surface area (Å²) in [6, 6.07) is 4.53. The van der Waals surface area contributed by atoms with E-state index in [9.17, 15) is 17.6 Å². The number of hydrogen-bond acceptors (Lipinski definition) is 5. The van der Waals surface area contributed by atoms with Gasteiger partial charge in [0.1, 0.15) is 16.8 Å². The largest absolute Gasteiger partial charge is 0.341 e. The molecule has 3 rings (SSSR count). The van der Waals surface area contributed by atoms with E-state index >= 15 is 0 Å². The predicted octanol–water partition coefficient (Wildman–Crippen LogP) is 2.29. The van der Waals surface area contributed by atoms with Crippen molar-refractivity contribution in [2.45, 2.75) is 36.2 Å². The summed E-state index contributed by atoms with van der Waals surface area (Å²) in [5, 5.41) is 0. The standard InChI is InChI=1S/C19H25FN4O3S2/c1-28-13-8-17(22-29(26,27)18-5-3-2-4-16(18)20)19(25)23-10-6-15(7-11-23)24-12-9-21-14-24/h2-5,9,12,14-15,17,22H,6-8,10-11,13H2,1H3. The van der Waals surface area contributed by atoms with Crippen LogP contribution in [0.2, 0.25) is 0 Å². The Labute approximate surface area is 174 Å². The fourth-order valence-corrected chi connectivity index (χ4v) is 5.25. The van der Waals surface area contributed by atoms with Gasteiger partial charge in [-0.05, 0) is 43.4 Å². The first-order valence-electron chi connectivity index (χ1n) is 9.44. The van der Waals surface area contributed by atoms with Crippen molar-refractivity contribution in [1.82, 2.24) is 19.2 Å². The van der Waals surface area contributed by atoms with E-state index in [1.54, 1.807) is 17.4 Å². The Morgan fingerprint density at radius 1 is 1.34 bits per heavy atom. The summed E-state index contributed by atoms with van der Waals surface area (Å²) in [6.45, 7) is 1.08. The van der Waals surface area contributed by atoms with Crippen molar-refractivity contribution < 1.29 is 17.6 Å². The number of carbonyl (C=O) groups excluding carboxylic acids is 1. The van der Waals surface area contributed by atoms with Gasteiger partial charge in [-0.2, -0.15) is 16.5 Å². The SMILES string of the molecule is CSCCC(NS(=O)(=O)c1ccccc1F)C(=O)N1CCC(n2ccnc2)CC1. The third kappa shape index (κ3) is 5.37. The molecular formula is C19H25FN4O3S2. The smallest absolute Gasteiger partial charge is 0.244 e. The van der Waals surface area contributed by atoms with Crippen LogP contribution in [0.5, 0.6) is 0 Å². The number of likely N-dealkylation sites (tertiary alicyclic amines) is 1. The van der Waals surface area contributed by atoms with Crippen LogP contribution in [-0.4, -0.2) is 59.9 Å². The van der Waals surface area contributed by atoms with Crippen LogP contribution in [0.25, 0.3) is 0 Å².